The van der Waals surface area contributed by atoms with Crippen LogP contribution in [0.25, 0.3) is 5.76 Å². The molecule has 1 atom stereocenters. The molecule has 0 bridgehead atoms. The summed E-state index contributed by atoms with van der Waals surface area (Å²) in [5.41, 5.74) is 3.08. The van der Waals surface area contributed by atoms with E-state index in [1.54, 1.807) is 36.4 Å². The molecule has 1 fully saturated rings. The minimum atomic E-state index is -0.713. The van der Waals surface area contributed by atoms with Crippen molar-refractivity contribution in [3.05, 3.63) is 92.1 Å². The number of rotatable bonds is 3. The molecular formula is C23H18ClNO3S. The van der Waals surface area contributed by atoms with Crippen LogP contribution in [0.4, 0.5) is 5.69 Å². The van der Waals surface area contributed by atoms with E-state index >= 15 is 0 Å². The van der Waals surface area contributed by atoms with Crippen molar-refractivity contribution in [3.8, 4) is 0 Å². The Bertz CT molecular complexity index is 1150. The highest BCUT2D eigenvalue weighted by atomic mass is 35.5. The summed E-state index contributed by atoms with van der Waals surface area (Å²) in [6, 6.07) is 15.2. The number of carbonyl (C=O) groups excluding carboxylic acids is 2. The van der Waals surface area contributed by atoms with Gasteiger partial charge in [0.2, 0.25) is 0 Å². The number of nitrogens with zero attached hydrogens (tertiary/aromatic N) is 1. The number of aliphatic hydroxyl groups excluding tert-OH is 1. The topological polar surface area (TPSA) is 57.6 Å². The van der Waals surface area contributed by atoms with Crippen LogP contribution in [0, 0.1) is 13.8 Å². The lowest BCUT2D eigenvalue weighted by atomic mass is 9.98. The Kier molecular flexibility index (Phi) is 5.03. The molecule has 0 aliphatic carbocycles. The Morgan fingerprint density at radius 1 is 1.07 bits per heavy atom. The number of amides is 1. The third-order valence-electron chi connectivity index (χ3n) is 5.01. The van der Waals surface area contributed by atoms with Gasteiger partial charge in [-0.25, -0.2) is 0 Å². The van der Waals surface area contributed by atoms with Gasteiger partial charge in [-0.1, -0.05) is 47.5 Å². The number of aryl methyl sites for hydroxylation is 2. The van der Waals surface area contributed by atoms with E-state index in [0.717, 1.165) is 16.0 Å². The van der Waals surface area contributed by atoms with Crippen molar-refractivity contribution < 1.29 is 14.7 Å². The summed E-state index contributed by atoms with van der Waals surface area (Å²) in [4.78, 5) is 28.3. The van der Waals surface area contributed by atoms with Crippen molar-refractivity contribution in [1.29, 1.82) is 0 Å². The van der Waals surface area contributed by atoms with Gasteiger partial charge in [0.1, 0.15) is 11.8 Å². The van der Waals surface area contributed by atoms with Gasteiger partial charge in [-0.2, -0.15) is 0 Å². The zero-order chi connectivity index (χ0) is 20.7. The first-order valence-corrected chi connectivity index (χ1v) is 10.3. The molecule has 0 spiro atoms. The van der Waals surface area contributed by atoms with Gasteiger partial charge in [0, 0.05) is 21.2 Å². The zero-order valence-electron chi connectivity index (χ0n) is 15.8. The number of aliphatic hydroxyl groups is 1. The average molecular weight is 424 g/mol. The number of hydrogen-bond donors (Lipinski definition) is 1. The molecule has 146 valence electrons. The number of hydrogen-bond acceptors (Lipinski definition) is 4. The standard InChI is InChI=1S/C23H18ClNO3S/c1-13-6-8-15(9-7-13)20(26)18-19(22-14(2)10-11-29-22)25(23(28)21(18)27)17-5-3-4-16(24)12-17/h3-12,19,26H,1-2H3/b20-18-. The molecule has 1 aliphatic heterocycles. The van der Waals surface area contributed by atoms with Crippen molar-refractivity contribution in [2.24, 2.45) is 0 Å². The molecule has 1 saturated heterocycles. The molecule has 2 heterocycles. The Balaban J connectivity index is 1.96. The van der Waals surface area contributed by atoms with Gasteiger partial charge in [-0.3, -0.25) is 14.5 Å². The van der Waals surface area contributed by atoms with Crippen LogP contribution in [-0.4, -0.2) is 16.8 Å². The van der Waals surface area contributed by atoms with Gasteiger partial charge >= 0.3 is 0 Å². The fourth-order valence-corrected chi connectivity index (χ4v) is 4.71. The maximum atomic E-state index is 13.0. The Morgan fingerprint density at radius 3 is 2.41 bits per heavy atom. The maximum absolute atomic E-state index is 13.0. The summed E-state index contributed by atoms with van der Waals surface area (Å²) >= 11 is 7.59. The molecule has 4 nitrogen and oxygen atoms in total. The highest BCUT2D eigenvalue weighted by molar-refractivity contribution is 7.10. The second-order valence-corrected chi connectivity index (χ2v) is 8.37. The van der Waals surface area contributed by atoms with Crippen molar-refractivity contribution in [2.45, 2.75) is 19.9 Å². The molecule has 2 aromatic carbocycles. The number of Topliss-reactive ketones (excluding diaryl/α,β-unsaturated/α-hetero) is 1. The van der Waals surface area contributed by atoms with Crippen LogP contribution in [-0.2, 0) is 9.59 Å². The lowest BCUT2D eigenvalue weighted by Gasteiger charge is -2.25. The Hall–Kier alpha value is -2.89. The SMILES string of the molecule is Cc1ccc(/C(O)=C2/C(=O)C(=O)N(c3cccc(Cl)c3)C2c2sccc2C)cc1. The van der Waals surface area contributed by atoms with E-state index in [0.29, 0.717) is 16.3 Å². The van der Waals surface area contributed by atoms with Gasteiger partial charge in [-0.15, -0.1) is 11.3 Å². The summed E-state index contributed by atoms with van der Waals surface area (Å²) in [6.45, 7) is 3.87. The highest BCUT2D eigenvalue weighted by Crippen LogP contribution is 2.45. The molecule has 0 radical (unpaired) electrons. The maximum Gasteiger partial charge on any atom is 0.300 e. The fraction of sp³-hybridized carbons (Fsp3) is 0.130. The molecule has 1 N–H and O–H groups in total. The number of ketones is 1. The first-order valence-electron chi connectivity index (χ1n) is 9.06. The molecule has 0 saturated carbocycles. The second kappa shape index (κ2) is 7.50. The number of anilines is 1. The minimum absolute atomic E-state index is 0.0874. The summed E-state index contributed by atoms with van der Waals surface area (Å²) in [5, 5.41) is 13.4. The molecule has 4 rings (SSSR count). The molecular weight excluding hydrogens is 406 g/mol. The molecule has 29 heavy (non-hydrogen) atoms. The van der Waals surface area contributed by atoms with Crippen molar-refractivity contribution in [1.82, 2.24) is 0 Å². The van der Waals surface area contributed by atoms with E-state index in [-0.39, 0.29) is 11.3 Å². The molecule has 6 heteroatoms. The van der Waals surface area contributed by atoms with Crippen LogP contribution in [0.2, 0.25) is 5.02 Å². The summed E-state index contributed by atoms with van der Waals surface area (Å²) in [7, 11) is 0. The fourth-order valence-electron chi connectivity index (χ4n) is 3.50. The molecule has 1 amide bonds. The lowest BCUT2D eigenvalue weighted by Crippen LogP contribution is -2.29. The van der Waals surface area contributed by atoms with E-state index in [9.17, 15) is 14.7 Å². The first-order chi connectivity index (χ1) is 13.9. The number of carbonyl (C=O) groups is 2. The monoisotopic (exact) mass is 423 g/mol. The summed E-state index contributed by atoms with van der Waals surface area (Å²) < 4.78 is 0. The summed E-state index contributed by atoms with van der Waals surface area (Å²) in [5.74, 6) is -1.56. The van der Waals surface area contributed by atoms with Gasteiger partial charge in [0.15, 0.2) is 0 Å². The van der Waals surface area contributed by atoms with Crippen LogP contribution < -0.4 is 4.90 Å². The number of thiophene rings is 1. The zero-order valence-corrected chi connectivity index (χ0v) is 17.4. The predicted molar refractivity (Wildman–Crippen MR) is 116 cm³/mol. The van der Waals surface area contributed by atoms with Crippen LogP contribution in [0.3, 0.4) is 0 Å². The van der Waals surface area contributed by atoms with E-state index in [1.807, 2.05) is 37.4 Å². The van der Waals surface area contributed by atoms with Crippen molar-refractivity contribution in [2.75, 3.05) is 4.90 Å². The largest absolute Gasteiger partial charge is 0.507 e. The van der Waals surface area contributed by atoms with Crippen molar-refractivity contribution >= 4 is 46.1 Å². The molecule has 1 aromatic heterocycles. The first kappa shape index (κ1) is 19.4. The number of benzene rings is 2. The summed E-state index contributed by atoms with van der Waals surface area (Å²) in [6.07, 6.45) is 0. The lowest BCUT2D eigenvalue weighted by molar-refractivity contribution is -0.132. The third kappa shape index (κ3) is 3.37. The second-order valence-electron chi connectivity index (χ2n) is 6.98. The Morgan fingerprint density at radius 2 is 1.79 bits per heavy atom. The van der Waals surface area contributed by atoms with Crippen molar-refractivity contribution in [3.63, 3.8) is 0 Å². The van der Waals surface area contributed by atoms with Gasteiger partial charge in [0.25, 0.3) is 11.7 Å². The van der Waals surface area contributed by atoms with Crippen LogP contribution >= 0.6 is 22.9 Å². The van der Waals surface area contributed by atoms with Crippen LogP contribution in [0.1, 0.15) is 27.6 Å². The average Bonchev–Trinajstić information content (AvgIpc) is 3.23. The minimum Gasteiger partial charge on any atom is -0.507 e. The normalized spacial score (nSPS) is 18.4. The Labute approximate surface area is 177 Å². The molecule has 3 aromatic rings. The quantitative estimate of drug-likeness (QED) is 0.336. The van der Waals surface area contributed by atoms with Crippen LogP contribution in [0.15, 0.2) is 65.6 Å². The van der Waals surface area contributed by atoms with E-state index in [1.165, 1.54) is 16.2 Å². The smallest absolute Gasteiger partial charge is 0.300 e. The van der Waals surface area contributed by atoms with Crippen LogP contribution in [0.5, 0.6) is 0 Å². The third-order valence-corrected chi connectivity index (χ3v) is 6.31. The highest BCUT2D eigenvalue weighted by Gasteiger charge is 2.47. The van der Waals surface area contributed by atoms with E-state index < -0.39 is 17.7 Å². The van der Waals surface area contributed by atoms with Gasteiger partial charge < -0.3 is 5.11 Å². The molecule has 1 aliphatic rings. The molecule has 1 unspecified atom stereocenters. The van der Waals surface area contributed by atoms with Gasteiger partial charge in [-0.05, 0) is 49.1 Å². The van der Waals surface area contributed by atoms with Gasteiger partial charge in [0.05, 0.1) is 5.57 Å². The number of halogens is 1. The predicted octanol–water partition coefficient (Wildman–Crippen LogP) is 5.64. The van der Waals surface area contributed by atoms with E-state index in [2.05, 4.69) is 0 Å². The van der Waals surface area contributed by atoms with E-state index in [4.69, 9.17) is 11.6 Å².